The van der Waals surface area contributed by atoms with Crippen LogP contribution in [0.4, 0.5) is 8.78 Å². The quantitative estimate of drug-likeness (QED) is 0.820. The maximum atomic E-state index is 12.6. The van der Waals surface area contributed by atoms with E-state index >= 15 is 0 Å². The molecule has 16 heavy (non-hydrogen) atoms. The number of alkyl halides is 3. The Morgan fingerprint density at radius 1 is 1.12 bits per heavy atom. The minimum absolute atomic E-state index is 0.0888. The van der Waals surface area contributed by atoms with Crippen molar-refractivity contribution < 1.29 is 19.0 Å². The lowest BCUT2D eigenvalue weighted by Gasteiger charge is -2.19. The van der Waals surface area contributed by atoms with E-state index in [1.165, 1.54) is 18.2 Å². The van der Waals surface area contributed by atoms with Crippen LogP contribution in [0.2, 0.25) is 0 Å². The fraction of sp³-hybridized carbons (Fsp3) is 0.455. The monoisotopic (exact) mass is 294 g/mol. The highest BCUT2D eigenvalue weighted by Gasteiger charge is 2.23. The zero-order valence-corrected chi connectivity index (χ0v) is 10.1. The third-order valence-electron chi connectivity index (χ3n) is 2.32. The molecule has 2 unspecified atom stereocenters. The maximum Gasteiger partial charge on any atom is 0.264 e. The van der Waals surface area contributed by atoms with Crippen LogP contribution >= 0.6 is 15.9 Å². The van der Waals surface area contributed by atoms with Crippen LogP contribution in [-0.2, 0) is 0 Å². The predicted octanol–water partition coefficient (Wildman–Crippen LogP) is 2.80. The molecule has 5 heteroatoms. The van der Waals surface area contributed by atoms with E-state index in [4.69, 9.17) is 0 Å². The first-order valence-electron chi connectivity index (χ1n) is 4.87. The van der Waals surface area contributed by atoms with Gasteiger partial charge in [0.25, 0.3) is 6.43 Å². The van der Waals surface area contributed by atoms with Gasteiger partial charge in [0.2, 0.25) is 0 Å². The molecule has 0 heterocycles. The molecule has 0 aliphatic heterocycles. The number of halogens is 3. The van der Waals surface area contributed by atoms with Gasteiger partial charge in [-0.05, 0) is 12.0 Å². The third-order valence-corrected chi connectivity index (χ3v) is 2.78. The molecule has 0 amide bonds. The van der Waals surface area contributed by atoms with Gasteiger partial charge in [-0.15, -0.1) is 0 Å². The molecule has 0 aromatic heterocycles. The first kappa shape index (κ1) is 13.5. The van der Waals surface area contributed by atoms with Gasteiger partial charge in [-0.3, -0.25) is 0 Å². The average Bonchev–Trinajstić information content (AvgIpc) is 2.28. The summed E-state index contributed by atoms with van der Waals surface area (Å²) >= 11 is 3.12. The molecule has 2 nitrogen and oxygen atoms in total. The standard InChI is InChI=1S/C11H13BrF2O2/c12-6-5-9(15)10(16)7-3-1-2-4-8(7)11(13)14/h1-4,9-11,15-16H,5-6H2. The van der Waals surface area contributed by atoms with Crippen molar-refractivity contribution >= 4 is 15.9 Å². The molecular formula is C11H13BrF2O2. The second-order valence-electron chi connectivity index (χ2n) is 3.42. The fourth-order valence-corrected chi connectivity index (χ4v) is 1.92. The first-order chi connectivity index (χ1) is 7.57. The second-order valence-corrected chi connectivity index (χ2v) is 4.21. The fourth-order valence-electron chi connectivity index (χ4n) is 1.46. The van der Waals surface area contributed by atoms with Crippen molar-refractivity contribution in [3.05, 3.63) is 35.4 Å². The Morgan fingerprint density at radius 3 is 2.19 bits per heavy atom. The van der Waals surface area contributed by atoms with Gasteiger partial charge < -0.3 is 10.2 Å². The molecule has 0 bridgehead atoms. The largest absolute Gasteiger partial charge is 0.390 e. The Kier molecular flexibility index (Phi) is 5.31. The zero-order chi connectivity index (χ0) is 12.1. The molecule has 2 N–H and O–H groups in total. The van der Waals surface area contributed by atoms with Crippen LogP contribution in [0, 0.1) is 0 Å². The highest BCUT2D eigenvalue weighted by Crippen LogP contribution is 2.29. The predicted molar refractivity (Wildman–Crippen MR) is 60.8 cm³/mol. The zero-order valence-electron chi connectivity index (χ0n) is 8.48. The Hall–Kier alpha value is -0.520. The second kappa shape index (κ2) is 6.27. The minimum atomic E-state index is -2.65. The van der Waals surface area contributed by atoms with Crippen LogP contribution in [0.25, 0.3) is 0 Å². The molecule has 0 saturated carbocycles. The van der Waals surface area contributed by atoms with Crippen LogP contribution in [0.1, 0.15) is 30.1 Å². The number of hydrogen-bond acceptors (Lipinski definition) is 2. The lowest BCUT2D eigenvalue weighted by Crippen LogP contribution is -2.20. The Bertz CT molecular complexity index is 334. The summed E-state index contributed by atoms with van der Waals surface area (Å²) in [5, 5.41) is 19.8. The molecule has 1 rings (SSSR count). The lowest BCUT2D eigenvalue weighted by atomic mass is 9.98. The molecule has 0 spiro atoms. The van der Waals surface area contributed by atoms with E-state index in [1.54, 1.807) is 6.07 Å². The number of rotatable bonds is 5. The summed E-state index contributed by atoms with van der Waals surface area (Å²) in [5.41, 5.74) is -0.144. The van der Waals surface area contributed by atoms with Crippen molar-refractivity contribution in [3.63, 3.8) is 0 Å². The number of aliphatic hydroxyl groups excluding tert-OH is 2. The van der Waals surface area contributed by atoms with E-state index in [2.05, 4.69) is 15.9 Å². The van der Waals surface area contributed by atoms with Crippen molar-refractivity contribution in [2.75, 3.05) is 5.33 Å². The summed E-state index contributed by atoms with van der Waals surface area (Å²) in [7, 11) is 0. The third kappa shape index (κ3) is 3.23. The Labute approximate surface area is 101 Å². The van der Waals surface area contributed by atoms with E-state index in [9.17, 15) is 19.0 Å². The van der Waals surface area contributed by atoms with Crippen LogP contribution < -0.4 is 0 Å². The van der Waals surface area contributed by atoms with Gasteiger partial charge in [-0.2, -0.15) is 0 Å². The van der Waals surface area contributed by atoms with E-state index < -0.39 is 18.6 Å². The molecule has 2 atom stereocenters. The summed E-state index contributed by atoms with van der Waals surface area (Å²) in [6.07, 6.45) is -4.66. The number of hydrogen-bond donors (Lipinski definition) is 2. The molecule has 0 radical (unpaired) electrons. The van der Waals surface area contributed by atoms with Gasteiger partial charge in [0.1, 0.15) is 6.10 Å². The van der Waals surface area contributed by atoms with Crippen molar-refractivity contribution in [1.82, 2.24) is 0 Å². The highest BCUT2D eigenvalue weighted by molar-refractivity contribution is 9.09. The van der Waals surface area contributed by atoms with Gasteiger partial charge in [0.05, 0.1) is 6.10 Å². The summed E-state index contributed by atoms with van der Waals surface area (Å²) in [6.45, 7) is 0. The molecule has 1 aromatic carbocycles. The van der Waals surface area contributed by atoms with Gasteiger partial charge in [-0.1, -0.05) is 40.2 Å². The van der Waals surface area contributed by atoms with E-state index in [0.717, 1.165) is 0 Å². The SMILES string of the molecule is OC(CCBr)C(O)c1ccccc1C(F)F. The van der Waals surface area contributed by atoms with Crippen molar-refractivity contribution in [2.45, 2.75) is 25.1 Å². The first-order valence-corrected chi connectivity index (χ1v) is 5.99. The topological polar surface area (TPSA) is 40.5 Å². The van der Waals surface area contributed by atoms with Crippen molar-refractivity contribution in [1.29, 1.82) is 0 Å². The van der Waals surface area contributed by atoms with Gasteiger partial charge in [0, 0.05) is 10.9 Å². The minimum Gasteiger partial charge on any atom is -0.390 e. The highest BCUT2D eigenvalue weighted by atomic mass is 79.9. The normalized spacial score (nSPS) is 15.1. The Morgan fingerprint density at radius 2 is 1.69 bits per heavy atom. The molecule has 0 saturated heterocycles. The lowest BCUT2D eigenvalue weighted by molar-refractivity contribution is 0.0146. The van der Waals surface area contributed by atoms with Crippen LogP contribution in [0.3, 0.4) is 0 Å². The van der Waals surface area contributed by atoms with Gasteiger partial charge >= 0.3 is 0 Å². The average molecular weight is 295 g/mol. The van der Waals surface area contributed by atoms with Crippen molar-refractivity contribution in [2.24, 2.45) is 0 Å². The van der Waals surface area contributed by atoms with E-state index in [1.807, 2.05) is 0 Å². The van der Waals surface area contributed by atoms with Gasteiger partial charge in [-0.25, -0.2) is 8.78 Å². The molecule has 1 aromatic rings. The summed E-state index contributed by atoms with van der Waals surface area (Å²) in [6, 6.07) is 5.70. The van der Waals surface area contributed by atoms with Gasteiger partial charge in [0.15, 0.2) is 0 Å². The number of aliphatic hydroxyl groups is 2. The Balaban J connectivity index is 2.93. The molecule has 0 aliphatic rings. The molecule has 0 aliphatic carbocycles. The molecular weight excluding hydrogens is 282 g/mol. The van der Waals surface area contributed by atoms with E-state index in [-0.39, 0.29) is 11.1 Å². The maximum absolute atomic E-state index is 12.6. The van der Waals surface area contributed by atoms with Crippen LogP contribution in [0.5, 0.6) is 0 Å². The van der Waals surface area contributed by atoms with Crippen molar-refractivity contribution in [3.8, 4) is 0 Å². The van der Waals surface area contributed by atoms with Crippen LogP contribution in [-0.4, -0.2) is 21.6 Å². The van der Waals surface area contributed by atoms with E-state index in [0.29, 0.717) is 11.8 Å². The summed E-state index contributed by atoms with van der Waals surface area (Å²) in [5.74, 6) is 0. The summed E-state index contributed by atoms with van der Waals surface area (Å²) < 4.78 is 25.3. The molecule has 0 fully saturated rings. The molecule has 90 valence electrons. The van der Waals surface area contributed by atoms with Crippen LogP contribution in [0.15, 0.2) is 24.3 Å². The number of benzene rings is 1. The summed E-state index contributed by atoms with van der Waals surface area (Å²) in [4.78, 5) is 0. The smallest absolute Gasteiger partial charge is 0.264 e.